The van der Waals surface area contributed by atoms with Crippen LogP contribution < -0.4 is 0 Å². The summed E-state index contributed by atoms with van der Waals surface area (Å²) < 4.78 is 0. The Morgan fingerprint density at radius 2 is 0.857 bits per heavy atom. The molecule has 0 aliphatic heterocycles. The molecule has 0 spiro atoms. The average molecular weight is 411 g/mol. The van der Waals surface area contributed by atoms with Gasteiger partial charge in [0.1, 0.15) is 0 Å². The first-order valence-electron chi connectivity index (χ1n) is 11.3. The number of benzene rings is 2. The number of rotatable bonds is 7. The third kappa shape index (κ3) is 5.60. The number of hydrogen-bond donors (Lipinski definition) is 0. The van der Waals surface area contributed by atoms with Crippen molar-refractivity contribution in [3.8, 4) is 0 Å². The first-order valence-corrected chi connectivity index (χ1v) is 13.2. The van der Waals surface area contributed by atoms with Crippen molar-refractivity contribution >= 4 is 23.5 Å². The summed E-state index contributed by atoms with van der Waals surface area (Å²) in [5.74, 6) is 0. The summed E-state index contributed by atoms with van der Waals surface area (Å²) in [5.41, 5.74) is 3.05. The van der Waals surface area contributed by atoms with Gasteiger partial charge in [0.05, 0.1) is 0 Å². The van der Waals surface area contributed by atoms with E-state index in [1.165, 1.54) is 75.3 Å². The monoisotopic (exact) mass is 410 g/mol. The van der Waals surface area contributed by atoms with Crippen LogP contribution in [0.3, 0.4) is 0 Å². The van der Waals surface area contributed by atoms with Crippen LogP contribution in [-0.2, 0) is 0 Å². The minimum atomic E-state index is 0.554. The van der Waals surface area contributed by atoms with Crippen LogP contribution in [0.5, 0.6) is 0 Å². The molecule has 2 aliphatic carbocycles. The first kappa shape index (κ1) is 20.4. The molecular weight excluding hydrogens is 376 g/mol. The highest BCUT2D eigenvalue weighted by atomic mass is 32.2. The summed E-state index contributed by atoms with van der Waals surface area (Å²) in [5, 5.41) is 2.77. The van der Waals surface area contributed by atoms with Crippen LogP contribution in [0, 0.1) is 0 Å². The first-order chi connectivity index (χ1) is 13.9. The highest BCUT2D eigenvalue weighted by molar-refractivity contribution is 8.03. The van der Waals surface area contributed by atoms with E-state index in [0.717, 1.165) is 10.5 Å². The Morgan fingerprint density at radius 3 is 1.21 bits per heavy atom. The average Bonchev–Trinajstić information content (AvgIpc) is 2.79. The van der Waals surface area contributed by atoms with E-state index in [0.29, 0.717) is 10.5 Å². The molecule has 2 aromatic rings. The van der Waals surface area contributed by atoms with Gasteiger partial charge in [-0.2, -0.15) is 0 Å². The second-order valence-corrected chi connectivity index (χ2v) is 11.3. The molecule has 28 heavy (non-hydrogen) atoms. The third-order valence-corrected chi connectivity index (χ3v) is 9.87. The molecular formula is C26H34S2. The van der Waals surface area contributed by atoms with E-state index in [1.54, 1.807) is 0 Å². The second-order valence-electron chi connectivity index (χ2n) is 8.45. The van der Waals surface area contributed by atoms with Crippen molar-refractivity contribution in [1.82, 2.24) is 0 Å². The lowest BCUT2D eigenvalue weighted by Gasteiger charge is -2.35. The van der Waals surface area contributed by atoms with Gasteiger partial charge in [-0.25, -0.2) is 0 Å². The molecule has 0 radical (unpaired) electrons. The maximum Gasteiger partial charge on any atom is 0.0459 e. The zero-order valence-electron chi connectivity index (χ0n) is 17.0. The minimum Gasteiger partial charge on any atom is -0.149 e. The molecule has 2 heteroatoms. The van der Waals surface area contributed by atoms with Crippen LogP contribution in [0.4, 0.5) is 0 Å². The fourth-order valence-electron chi connectivity index (χ4n) is 4.75. The van der Waals surface area contributed by atoms with Crippen molar-refractivity contribution in [3.05, 3.63) is 71.8 Å². The van der Waals surface area contributed by atoms with Gasteiger partial charge >= 0.3 is 0 Å². The lowest BCUT2D eigenvalue weighted by molar-refractivity contribution is 0.512. The van der Waals surface area contributed by atoms with Gasteiger partial charge in [0.2, 0.25) is 0 Å². The number of thioether (sulfide) groups is 2. The maximum atomic E-state index is 2.37. The zero-order valence-corrected chi connectivity index (χ0v) is 18.6. The van der Waals surface area contributed by atoms with Crippen molar-refractivity contribution in [2.75, 3.05) is 0 Å². The fraction of sp³-hybridized carbons (Fsp3) is 0.538. The van der Waals surface area contributed by atoms with Crippen LogP contribution in [0.1, 0.15) is 85.8 Å². The fourth-order valence-corrected chi connectivity index (χ4v) is 8.41. The van der Waals surface area contributed by atoms with Gasteiger partial charge in [-0.1, -0.05) is 99.2 Å². The smallest absolute Gasteiger partial charge is 0.0459 e. The summed E-state index contributed by atoms with van der Waals surface area (Å²) in [4.78, 5) is 0. The largest absolute Gasteiger partial charge is 0.149 e. The Bertz CT molecular complexity index is 611. The molecule has 0 amide bonds. The van der Waals surface area contributed by atoms with Gasteiger partial charge in [0.15, 0.2) is 0 Å². The molecule has 0 saturated heterocycles. The second kappa shape index (κ2) is 10.8. The molecule has 0 bridgehead atoms. The molecule has 0 unspecified atom stereocenters. The predicted octanol–water partition coefficient (Wildman–Crippen LogP) is 8.60. The Hall–Kier alpha value is -0.860. The molecule has 2 saturated carbocycles. The summed E-state index contributed by atoms with van der Waals surface area (Å²) in [6.45, 7) is 0. The van der Waals surface area contributed by atoms with Gasteiger partial charge in [0, 0.05) is 21.0 Å². The van der Waals surface area contributed by atoms with Gasteiger partial charge in [0.25, 0.3) is 0 Å². The maximum absolute atomic E-state index is 2.37. The van der Waals surface area contributed by atoms with Crippen LogP contribution in [0.15, 0.2) is 60.7 Å². The standard InChI is InChI=1S/C26H34S2/c1-5-13-21(14-6-1)25(27-23-17-9-3-10-18-23)26(22-15-7-2-8-16-22)28-24-19-11-4-12-20-24/h1-2,5-8,13-16,23-26H,3-4,9-12,17-20H2/t25-,26-/m0/s1. The Morgan fingerprint density at radius 1 is 0.500 bits per heavy atom. The summed E-state index contributed by atoms with van der Waals surface area (Å²) >= 11 is 4.58. The van der Waals surface area contributed by atoms with Crippen molar-refractivity contribution in [3.63, 3.8) is 0 Å². The molecule has 150 valence electrons. The van der Waals surface area contributed by atoms with E-state index in [4.69, 9.17) is 0 Å². The summed E-state index contributed by atoms with van der Waals surface area (Å²) in [7, 11) is 0. The molecule has 0 nitrogen and oxygen atoms in total. The van der Waals surface area contributed by atoms with Crippen molar-refractivity contribution in [2.24, 2.45) is 0 Å². The molecule has 2 fully saturated rings. The van der Waals surface area contributed by atoms with Crippen LogP contribution in [0.25, 0.3) is 0 Å². The molecule has 0 N–H and O–H groups in total. The van der Waals surface area contributed by atoms with Crippen molar-refractivity contribution < 1.29 is 0 Å². The highest BCUT2D eigenvalue weighted by Crippen LogP contribution is 2.53. The third-order valence-electron chi connectivity index (χ3n) is 6.31. The molecule has 0 heterocycles. The van der Waals surface area contributed by atoms with Gasteiger partial charge in [-0.3, -0.25) is 0 Å². The van der Waals surface area contributed by atoms with E-state index in [-0.39, 0.29) is 0 Å². The molecule has 4 rings (SSSR count). The lowest BCUT2D eigenvalue weighted by atomic mass is 10.0. The van der Waals surface area contributed by atoms with E-state index in [2.05, 4.69) is 84.2 Å². The van der Waals surface area contributed by atoms with Crippen LogP contribution in [-0.4, -0.2) is 10.5 Å². The van der Waals surface area contributed by atoms with Crippen molar-refractivity contribution in [1.29, 1.82) is 0 Å². The van der Waals surface area contributed by atoms with Crippen molar-refractivity contribution in [2.45, 2.75) is 85.2 Å². The molecule has 2 aromatic carbocycles. The van der Waals surface area contributed by atoms with E-state index in [9.17, 15) is 0 Å². The predicted molar refractivity (Wildman–Crippen MR) is 127 cm³/mol. The van der Waals surface area contributed by atoms with Crippen LogP contribution >= 0.6 is 23.5 Å². The number of hydrogen-bond acceptors (Lipinski definition) is 2. The van der Waals surface area contributed by atoms with E-state index in [1.807, 2.05) is 0 Å². The van der Waals surface area contributed by atoms with Gasteiger partial charge in [-0.05, 0) is 36.8 Å². The Kier molecular flexibility index (Phi) is 7.86. The summed E-state index contributed by atoms with van der Waals surface area (Å²) in [6, 6.07) is 22.8. The SMILES string of the molecule is c1ccc([C@H](SC2CCCCC2)[C@@H](SC2CCCCC2)c2ccccc2)cc1. The zero-order chi connectivity index (χ0) is 19.0. The Balaban J connectivity index is 1.62. The highest BCUT2D eigenvalue weighted by Gasteiger charge is 2.31. The lowest BCUT2D eigenvalue weighted by Crippen LogP contribution is -2.17. The summed E-state index contributed by atoms with van der Waals surface area (Å²) in [6.07, 6.45) is 14.2. The normalized spacial score (nSPS) is 21.3. The van der Waals surface area contributed by atoms with E-state index >= 15 is 0 Å². The van der Waals surface area contributed by atoms with Crippen LogP contribution in [0.2, 0.25) is 0 Å². The Labute approximate surface area is 180 Å². The van der Waals surface area contributed by atoms with Gasteiger partial charge in [-0.15, -0.1) is 23.5 Å². The molecule has 0 aromatic heterocycles. The minimum absolute atomic E-state index is 0.554. The molecule has 2 aliphatic rings. The topological polar surface area (TPSA) is 0 Å². The quantitative estimate of drug-likeness (QED) is 0.448. The molecule has 2 atom stereocenters. The van der Waals surface area contributed by atoms with E-state index < -0.39 is 0 Å². The van der Waals surface area contributed by atoms with Gasteiger partial charge < -0.3 is 0 Å².